The number of phenols is 1. The van der Waals surface area contributed by atoms with Crippen molar-refractivity contribution in [1.82, 2.24) is 4.90 Å². The Morgan fingerprint density at radius 2 is 1.95 bits per heavy atom. The first-order chi connectivity index (χ1) is 9.65. The number of fused-ring (bicyclic) bond motifs is 1. The molecule has 0 aromatic heterocycles. The fourth-order valence-electron chi connectivity index (χ4n) is 3.08. The van der Waals surface area contributed by atoms with E-state index in [0.29, 0.717) is 12.5 Å². The van der Waals surface area contributed by atoms with E-state index in [4.69, 9.17) is 0 Å². The van der Waals surface area contributed by atoms with E-state index >= 15 is 0 Å². The van der Waals surface area contributed by atoms with Crippen molar-refractivity contribution >= 4 is 5.91 Å². The molecule has 0 unspecified atom stereocenters. The molecular formula is C17H25NO2. The third kappa shape index (κ3) is 3.33. The molecule has 3 nitrogen and oxygen atoms in total. The van der Waals surface area contributed by atoms with Crippen LogP contribution >= 0.6 is 0 Å². The monoisotopic (exact) mass is 275 g/mol. The Morgan fingerprint density at radius 3 is 2.60 bits per heavy atom. The van der Waals surface area contributed by atoms with Gasteiger partial charge in [-0.05, 0) is 42.5 Å². The lowest BCUT2D eigenvalue weighted by molar-refractivity contribution is -0.137. The van der Waals surface area contributed by atoms with Gasteiger partial charge in [0.05, 0.1) is 0 Å². The van der Waals surface area contributed by atoms with Gasteiger partial charge in [0.1, 0.15) is 5.75 Å². The van der Waals surface area contributed by atoms with Gasteiger partial charge in [0.2, 0.25) is 5.91 Å². The molecule has 0 radical (unpaired) electrons. The molecule has 0 fully saturated rings. The minimum absolute atomic E-state index is 0.170. The lowest BCUT2D eigenvalue weighted by Gasteiger charge is -2.32. The molecule has 0 atom stereocenters. The fourth-order valence-corrected chi connectivity index (χ4v) is 3.08. The lowest BCUT2D eigenvalue weighted by atomic mass is 9.94. The summed E-state index contributed by atoms with van der Waals surface area (Å²) in [6.07, 6.45) is 4.97. The van der Waals surface area contributed by atoms with E-state index in [-0.39, 0.29) is 11.7 Å². The van der Waals surface area contributed by atoms with Crippen molar-refractivity contribution in [2.75, 3.05) is 6.54 Å². The average Bonchev–Trinajstić information content (AvgIpc) is 2.45. The Hall–Kier alpha value is -1.51. The molecule has 20 heavy (non-hydrogen) atoms. The smallest absolute Gasteiger partial charge is 0.225 e. The molecule has 3 heteroatoms. The van der Waals surface area contributed by atoms with Crippen LogP contribution in [0, 0.1) is 5.92 Å². The first-order valence-electron chi connectivity index (χ1n) is 7.75. The minimum atomic E-state index is 0.170. The van der Waals surface area contributed by atoms with E-state index in [0.717, 1.165) is 44.2 Å². The molecule has 0 saturated heterocycles. The van der Waals surface area contributed by atoms with Crippen molar-refractivity contribution in [2.45, 2.75) is 52.5 Å². The summed E-state index contributed by atoms with van der Waals surface area (Å²) in [6, 6.07) is 5.50. The van der Waals surface area contributed by atoms with E-state index < -0.39 is 0 Å². The molecule has 1 aromatic rings. The molecule has 1 aliphatic heterocycles. The van der Waals surface area contributed by atoms with Crippen LogP contribution in [0.1, 0.15) is 50.7 Å². The molecule has 0 spiro atoms. The molecule has 2 rings (SSSR count). The van der Waals surface area contributed by atoms with Gasteiger partial charge in [0.15, 0.2) is 0 Å². The Morgan fingerprint density at radius 1 is 1.25 bits per heavy atom. The molecule has 1 N–H and O–H groups in total. The van der Waals surface area contributed by atoms with Crippen LogP contribution in [0.3, 0.4) is 0 Å². The highest BCUT2D eigenvalue weighted by atomic mass is 16.3. The third-order valence-electron chi connectivity index (χ3n) is 4.14. The van der Waals surface area contributed by atoms with Gasteiger partial charge in [0, 0.05) is 19.0 Å². The average molecular weight is 275 g/mol. The number of hydrogen-bond acceptors (Lipinski definition) is 2. The highest BCUT2D eigenvalue weighted by Gasteiger charge is 2.26. The van der Waals surface area contributed by atoms with Crippen molar-refractivity contribution in [3.8, 4) is 5.75 Å². The van der Waals surface area contributed by atoms with E-state index in [1.54, 1.807) is 12.1 Å². The molecular weight excluding hydrogens is 250 g/mol. The SMILES string of the molecule is CCCC(CCC)C(=O)N1CCc2ccc(O)cc2C1. The third-order valence-corrected chi connectivity index (χ3v) is 4.14. The van der Waals surface area contributed by atoms with Gasteiger partial charge in [-0.2, -0.15) is 0 Å². The number of rotatable bonds is 5. The Bertz CT molecular complexity index is 464. The highest BCUT2D eigenvalue weighted by molar-refractivity contribution is 5.79. The first-order valence-corrected chi connectivity index (χ1v) is 7.75. The van der Waals surface area contributed by atoms with Gasteiger partial charge < -0.3 is 10.0 Å². The van der Waals surface area contributed by atoms with Gasteiger partial charge >= 0.3 is 0 Å². The van der Waals surface area contributed by atoms with Crippen LogP contribution in [0.2, 0.25) is 0 Å². The molecule has 0 bridgehead atoms. The first kappa shape index (κ1) is 14.9. The molecule has 1 amide bonds. The second-order valence-corrected chi connectivity index (χ2v) is 5.74. The van der Waals surface area contributed by atoms with Crippen LogP contribution < -0.4 is 0 Å². The molecule has 1 aliphatic rings. The fraction of sp³-hybridized carbons (Fsp3) is 0.588. The number of carbonyl (C=O) groups excluding carboxylic acids is 1. The minimum Gasteiger partial charge on any atom is -0.508 e. The number of amides is 1. The molecule has 1 aromatic carbocycles. The van der Waals surface area contributed by atoms with Gasteiger partial charge in [-0.15, -0.1) is 0 Å². The summed E-state index contributed by atoms with van der Waals surface area (Å²) >= 11 is 0. The van der Waals surface area contributed by atoms with Crippen molar-refractivity contribution in [1.29, 1.82) is 0 Å². The van der Waals surface area contributed by atoms with Crippen LogP contribution in [0.4, 0.5) is 0 Å². The molecule has 1 heterocycles. The summed E-state index contributed by atoms with van der Waals surface area (Å²) in [5.74, 6) is 0.753. The molecule has 110 valence electrons. The van der Waals surface area contributed by atoms with Gasteiger partial charge in [-0.3, -0.25) is 4.79 Å². The largest absolute Gasteiger partial charge is 0.508 e. The number of carbonyl (C=O) groups is 1. The van der Waals surface area contributed by atoms with Crippen molar-refractivity contribution in [2.24, 2.45) is 5.92 Å². The number of aromatic hydroxyl groups is 1. The second-order valence-electron chi connectivity index (χ2n) is 5.74. The van der Waals surface area contributed by atoms with E-state index in [2.05, 4.69) is 13.8 Å². The van der Waals surface area contributed by atoms with E-state index in [1.165, 1.54) is 5.56 Å². The number of nitrogens with zero attached hydrogens (tertiary/aromatic N) is 1. The zero-order chi connectivity index (χ0) is 14.5. The quantitative estimate of drug-likeness (QED) is 0.893. The Labute approximate surface area is 121 Å². The zero-order valence-corrected chi connectivity index (χ0v) is 12.6. The normalized spacial score (nSPS) is 14.4. The van der Waals surface area contributed by atoms with Crippen LogP contribution in [-0.2, 0) is 17.8 Å². The van der Waals surface area contributed by atoms with E-state index in [1.807, 2.05) is 11.0 Å². The predicted octanol–water partition coefficient (Wildman–Crippen LogP) is 3.49. The number of hydrogen-bond donors (Lipinski definition) is 1. The maximum Gasteiger partial charge on any atom is 0.225 e. The van der Waals surface area contributed by atoms with Crippen LogP contribution in [0.15, 0.2) is 18.2 Å². The Balaban J connectivity index is 2.08. The van der Waals surface area contributed by atoms with Crippen LogP contribution in [0.5, 0.6) is 5.75 Å². The lowest BCUT2D eigenvalue weighted by Crippen LogP contribution is -2.39. The van der Waals surface area contributed by atoms with Gasteiger partial charge in [-0.1, -0.05) is 32.8 Å². The molecule has 0 saturated carbocycles. The topological polar surface area (TPSA) is 40.5 Å². The van der Waals surface area contributed by atoms with Crippen LogP contribution in [-0.4, -0.2) is 22.5 Å². The number of phenolic OH excluding ortho intramolecular Hbond substituents is 1. The van der Waals surface area contributed by atoms with Crippen molar-refractivity contribution < 1.29 is 9.90 Å². The van der Waals surface area contributed by atoms with Crippen molar-refractivity contribution in [3.05, 3.63) is 29.3 Å². The summed E-state index contributed by atoms with van der Waals surface area (Å²) < 4.78 is 0. The highest BCUT2D eigenvalue weighted by Crippen LogP contribution is 2.25. The van der Waals surface area contributed by atoms with Crippen molar-refractivity contribution in [3.63, 3.8) is 0 Å². The van der Waals surface area contributed by atoms with Gasteiger partial charge in [-0.25, -0.2) is 0 Å². The zero-order valence-electron chi connectivity index (χ0n) is 12.6. The predicted molar refractivity (Wildman–Crippen MR) is 80.5 cm³/mol. The maximum atomic E-state index is 12.6. The number of benzene rings is 1. The summed E-state index contributed by atoms with van der Waals surface area (Å²) in [7, 11) is 0. The van der Waals surface area contributed by atoms with Crippen LogP contribution in [0.25, 0.3) is 0 Å². The molecule has 0 aliphatic carbocycles. The standard InChI is InChI=1S/C17H25NO2/c1-3-5-14(6-4-2)17(20)18-10-9-13-7-8-16(19)11-15(13)12-18/h7-8,11,14,19H,3-6,9-10,12H2,1-2H3. The Kier molecular flexibility index (Phi) is 5.05. The second kappa shape index (κ2) is 6.78. The summed E-state index contributed by atoms with van der Waals surface area (Å²) in [4.78, 5) is 14.6. The summed E-state index contributed by atoms with van der Waals surface area (Å²) in [6.45, 7) is 5.73. The van der Waals surface area contributed by atoms with Gasteiger partial charge in [0.25, 0.3) is 0 Å². The van der Waals surface area contributed by atoms with E-state index in [9.17, 15) is 9.90 Å². The summed E-state index contributed by atoms with van der Waals surface area (Å²) in [5, 5.41) is 9.59. The summed E-state index contributed by atoms with van der Waals surface area (Å²) in [5.41, 5.74) is 2.35. The maximum absolute atomic E-state index is 12.6.